The summed E-state index contributed by atoms with van der Waals surface area (Å²) in [5.41, 5.74) is -1.18. The highest BCUT2D eigenvalue weighted by molar-refractivity contribution is 14.1. The standard InChI is InChI=1S/C15H16F2IN5O5S/c1-15(24)5-22(3-4-27-6-15)11-7-8-9(10(18)23(21-8)13(16)17)28-12(7)20-14(19-11)29(2,25)26/h13,24H,3-6H2,1-2H3/t15-/m0/s1. The van der Waals surface area contributed by atoms with E-state index in [1.54, 1.807) is 34.4 Å². The van der Waals surface area contributed by atoms with E-state index in [1.165, 1.54) is 0 Å². The lowest BCUT2D eigenvalue weighted by Crippen LogP contribution is -2.42. The van der Waals surface area contributed by atoms with E-state index in [0.29, 0.717) is 4.68 Å². The summed E-state index contributed by atoms with van der Waals surface area (Å²) in [6.07, 6.45) is 0.953. The number of fused-ring (bicyclic) bond motifs is 3. The van der Waals surface area contributed by atoms with Crippen molar-refractivity contribution in [2.75, 3.05) is 37.5 Å². The molecule has 29 heavy (non-hydrogen) atoms. The monoisotopic (exact) mass is 543 g/mol. The molecule has 14 heteroatoms. The van der Waals surface area contributed by atoms with Gasteiger partial charge in [0.1, 0.15) is 26.0 Å². The van der Waals surface area contributed by atoms with E-state index in [4.69, 9.17) is 9.15 Å². The van der Waals surface area contributed by atoms with E-state index < -0.39 is 27.1 Å². The second-order valence-corrected chi connectivity index (χ2v) is 9.98. The molecular weight excluding hydrogens is 527 g/mol. The van der Waals surface area contributed by atoms with Crippen LogP contribution in [0.3, 0.4) is 0 Å². The smallest absolute Gasteiger partial charge is 0.334 e. The summed E-state index contributed by atoms with van der Waals surface area (Å²) in [7, 11) is -3.80. The number of aliphatic hydroxyl groups is 1. The SMILES string of the molecule is C[C@@]1(O)COCCN(c2nc(S(C)(=O)=O)nc3oc4c(I)n(C(F)F)nc4c23)C1. The molecule has 0 amide bonds. The molecule has 4 rings (SSSR count). The average Bonchev–Trinajstić information content (AvgIpc) is 3.06. The maximum Gasteiger partial charge on any atom is 0.334 e. The van der Waals surface area contributed by atoms with Crippen molar-refractivity contribution in [3.8, 4) is 0 Å². The number of hydrogen-bond acceptors (Lipinski definition) is 9. The molecule has 1 saturated heterocycles. The Balaban J connectivity index is 2.03. The minimum absolute atomic E-state index is 0.0450. The molecule has 1 fully saturated rings. The van der Waals surface area contributed by atoms with Crippen LogP contribution in [0.2, 0.25) is 0 Å². The fraction of sp³-hybridized carbons (Fsp3) is 0.533. The van der Waals surface area contributed by atoms with Gasteiger partial charge < -0.3 is 19.2 Å². The molecule has 4 heterocycles. The molecular formula is C15H16F2IN5O5S. The second kappa shape index (κ2) is 6.95. The molecule has 1 aliphatic rings. The zero-order chi connectivity index (χ0) is 21.1. The van der Waals surface area contributed by atoms with Gasteiger partial charge in [0.05, 0.1) is 19.8 Å². The Morgan fingerprint density at radius 3 is 2.72 bits per heavy atom. The highest BCUT2D eigenvalue weighted by Crippen LogP contribution is 2.37. The lowest BCUT2D eigenvalue weighted by Gasteiger charge is -2.28. The predicted octanol–water partition coefficient (Wildman–Crippen LogP) is 1.56. The molecule has 1 N–H and O–H groups in total. The van der Waals surface area contributed by atoms with Crippen LogP contribution in [0, 0.1) is 3.70 Å². The van der Waals surface area contributed by atoms with Gasteiger partial charge in [-0.1, -0.05) is 0 Å². The van der Waals surface area contributed by atoms with Crippen molar-refractivity contribution in [2.24, 2.45) is 0 Å². The Kier molecular flexibility index (Phi) is 4.94. The predicted molar refractivity (Wildman–Crippen MR) is 106 cm³/mol. The average molecular weight is 543 g/mol. The van der Waals surface area contributed by atoms with Crippen molar-refractivity contribution >= 4 is 60.4 Å². The van der Waals surface area contributed by atoms with Gasteiger partial charge in [-0.05, 0) is 29.5 Å². The number of alkyl halides is 2. The zero-order valence-electron chi connectivity index (χ0n) is 15.3. The zero-order valence-corrected chi connectivity index (χ0v) is 18.2. The lowest BCUT2D eigenvalue weighted by atomic mass is 10.1. The third-order valence-electron chi connectivity index (χ3n) is 4.35. The Labute approximate surface area is 176 Å². The summed E-state index contributed by atoms with van der Waals surface area (Å²) in [6, 6.07) is 0. The number of halogens is 3. The normalized spacial score (nSPS) is 21.4. The Hall–Kier alpha value is -1.65. The first-order valence-electron chi connectivity index (χ1n) is 8.39. The lowest BCUT2D eigenvalue weighted by molar-refractivity contribution is -0.0123. The van der Waals surface area contributed by atoms with Crippen molar-refractivity contribution in [1.29, 1.82) is 0 Å². The Morgan fingerprint density at radius 2 is 2.07 bits per heavy atom. The molecule has 158 valence electrons. The summed E-state index contributed by atoms with van der Waals surface area (Å²) in [6.45, 7) is -0.631. The number of anilines is 1. The Bertz CT molecular complexity index is 1210. The first-order valence-corrected chi connectivity index (χ1v) is 11.4. The molecule has 0 aromatic carbocycles. The first kappa shape index (κ1) is 20.6. The number of nitrogens with zero attached hydrogens (tertiary/aromatic N) is 5. The minimum atomic E-state index is -3.80. The van der Waals surface area contributed by atoms with Gasteiger partial charge in [0, 0.05) is 12.8 Å². The van der Waals surface area contributed by atoms with Crippen LogP contribution in [0.5, 0.6) is 0 Å². The number of hydrogen-bond donors (Lipinski definition) is 1. The van der Waals surface area contributed by atoms with Crippen LogP contribution in [0.1, 0.15) is 13.5 Å². The van der Waals surface area contributed by atoms with Crippen molar-refractivity contribution in [2.45, 2.75) is 24.2 Å². The van der Waals surface area contributed by atoms with Crippen molar-refractivity contribution < 1.29 is 31.5 Å². The fourth-order valence-corrected chi connectivity index (χ4v) is 4.33. The van der Waals surface area contributed by atoms with E-state index >= 15 is 0 Å². The van der Waals surface area contributed by atoms with Crippen LogP contribution in [-0.4, -0.2) is 71.4 Å². The van der Waals surface area contributed by atoms with Gasteiger partial charge in [0.15, 0.2) is 5.58 Å². The molecule has 0 spiro atoms. The molecule has 0 radical (unpaired) electrons. The third-order valence-corrected chi connectivity index (χ3v) is 6.18. The number of furan rings is 1. The van der Waals surface area contributed by atoms with E-state index in [1.807, 2.05) is 0 Å². The second-order valence-electron chi connectivity index (χ2n) is 7.05. The molecule has 1 atom stereocenters. The van der Waals surface area contributed by atoms with Gasteiger partial charge in [-0.2, -0.15) is 28.5 Å². The topological polar surface area (TPSA) is 124 Å². The molecule has 1 aliphatic heterocycles. The molecule has 0 saturated carbocycles. The summed E-state index contributed by atoms with van der Waals surface area (Å²) in [4.78, 5) is 9.75. The summed E-state index contributed by atoms with van der Waals surface area (Å²) < 4.78 is 62.2. The molecule has 0 aliphatic carbocycles. The number of ether oxygens (including phenoxy) is 1. The van der Waals surface area contributed by atoms with Gasteiger partial charge >= 0.3 is 6.55 Å². The van der Waals surface area contributed by atoms with Crippen LogP contribution in [-0.2, 0) is 14.6 Å². The van der Waals surface area contributed by atoms with E-state index in [-0.39, 0.29) is 58.0 Å². The molecule has 10 nitrogen and oxygen atoms in total. The van der Waals surface area contributed by atoms with Crippen molar-refractivity contribution in [1.82, 2.24) is 19.7 Å². The van der Waals surface area contributed by atoms with E-state index in [2.05, 4.69) is 15.1 Å². The maximum absolute atomic E-state index is 13.3. The first-order chi connectivity index (χ1) is 13.5. The van der Waals surface area contributed by atoms with Gasteiger partial charge in [-0.25, -0.2) is 8.42 Å². The number of sulfone groups is 1. The van der Waals surface area contributed by atoms with Crippen molar-refractivity contribution in [3.63, 3.8) is 0 Å². The number of aromatic nitrogens is 4. The molecule has 3 aromatic rings. The summed E-state index contributed by atoms with van der Waals surface area (Å²) in [5, 5.41) is 14.1. The van der Waals surface area contributed by atoms with Gasteiger partial charge in [-0.15, -0.1) is 0 Å². The van der Waals surface area contributed by atoms with E-state index in [9.17, 15) is 22.3 Å². The maximum atomic E-state index is 13.3. The van der Waals surface area contributed by atoms with E-state index in [0.717, 1.165) is 6.26 Å². The minimum Gasteiger partial charge on any atom is -0.433 e. The van der Waals surface area contributed by atoms with Crippen LogP contribution in [0.4, 0.5) is 14.6 Å². The number of rotatable bonds is 3. The summed E-state index contributed by atoms with van der Waals surface area (Å²) >= 11 is 1.67. The highest BCUT2D eigenvalue weighted by atomic mass is 127. The van der Waals surface area contributed by atoms with Crippen LogP contribution in [0.15, 0.2) is 9.57 Å². The van der Waals surface area contributed by atoms with Gasteiger partial charge in [-0.3, -0.25) is 0 Å². The largest absolute Gasteiger partial charge is 0.433 e. The van der Waals surface area contributed by atoms with Crippen molar-refractivity contribution in [3.05, 3.63) is 3.70 Å². The van der Waals surface area contributed by atoms with Gasteiger partial charge in [0.25, 0.3) is 5.16 Å². The molecule has 0 bridgehead atoms. The third kappa shape index (κ3) is 3.66. The van der Waals surface area contributed by atoms with Crippen LogP contribution < -0.4 is 4.90 Å². The quantitative estimate of drug-likeness (QED) is 0.387. The number of β-amino-alcohol motifs (C(OH)–C–C–N with tert-alkyl or cyclic N) is 1. The van der Waals surface area contributed by atoms with Crippen LogP contribution in [0.25, 0.3) is 22.2 Å². The van der Waals surface area contributed by atoms with Crippen LogP contribution >= 0.6 is 22.6 Å². The molecule has 3 aromatic heterocycles. The Morgan fingerprint density at radius 1 is 1.34 bits per heavy atom. The highest BCUT2D eigenvalue weighted by Gasteiger charge is 2.33. The fourth-order valence-electron chi connectivity index (χ4n) is 3.15. The van der Waals surface area contributed by atoms with Gasteiger partial charge in [0.2, 0.25) is 15.6 Å². The molecule has 0 unspecified atom stereocenters. The summed E-state index contributed by atoms with van der Waals surface area (Å²) in [5.74, 6) is 0.121.